The summed E-state index contributed by atoms with van der Waals surface area (Å²) >= 11 is 0. The maximum atomic E-state index is 9.36. The van der Waals surface area contributed by atoms with Crippen LogP contribution in [0, 0.1) is 18.3 Å². The van der Waals surface area contributed by atoms with Gasteiger partial charge in [-0.25, -0.2) is 0 Å². The Bertz CT molecular complexity index is 559. The Morgan fingerprint density at radius 1 is 1.33 bits per heavy atom. The van der Waals surface area contributed by atoms with Gasteiger partial charge in [0.25, 0.3) is 0 Å². The number of anilines is 1. The number of nitriles is 1. The number of rotatable bonds is 2. The van der Waals surface area contributed by atoms with E-state index in [1.165, 1.54) is 0 Å². The molecule has 1 aromatic rings. The number of aromatic nitrogens is 2. The quantitative estimate of drug-likeness (QED) is 0.830. The number of aryl methyl sites for hydroxylation is 2. The molecule has 114 valence electrons. The molecule has 2 fully saturated rings. The summed E-state index contributed by atoms with van der Waals surface area (Å²) in [6, 6.07) is 2.67. The molecular weight excluding hydrogens is 268 g/mol. The summed E-state index contributed by atoms with van der Waals surface area (Å²) in [7, 11) is 3.95. The van der Waals surface area contributed by atoms with Gasteiger partial charge < -0.3 is 14.4 Å². The van der Waals surface area contributed by atoms with E-state index in [0.717, 1.165) is 37.2 Å². The highest BCUT2D eigenvalue weighted by Gasteiger charge is 2.41. The number of nitrogens with zero attached hydrogens (tertiary/aromatic N) is 4. The molecule has 0 bridgehead atoms. The fraction of sp³-hybridized carbons (Fsp3) is 0.733. The van der Waals surface area contributed by atoms with E-state index in [1.54, 1.807) is 4.68 Å². The molecule has 1 aromatic heterocycles. The molecule has 1 aliphatic carbocycles. The highest BCUT2D eigenvalue weighted by molar-refractivity contribution is 5.57. The Morgan fingerprint density at radius 3 is 2.52 bits per heavy atom. The van der Waals surface area contributed by atoms with Crippen LogP contribution in [0.25, 0.3) is 0 Å². The van der Waals surface area contributed by atoms with Crippen molar-refractivity contribution in [3.63, 3.8) is 0 Å². The first-order chi connectivity index (χ1) is 10.1. The maximum Gasteiger partial charge on any atom is 0.168 e. The molecule has 3 rings (SSSR count). The Kier molecular flexibility index (Phi) is 3.64. The predicted octanol–water partition coefficient (Wildman–Crippen LogP) is 1.72. The van der Waals surface area contributed by atoms with Crippen LogP contribution in [0.4, 0.5) is 5.82 Å². The van der Waals surface area contributed by atoms with E-state index in [1.807, 2.05) is 14.0 Å². The van der Waals surface area contributed by atoms with E-state index in [-0.39, 0.29) is 5.79 Å². The minimum absolute atomic E-state index is 0.336. The largest absolute Gasteiger partial charge is 0.356 e. The van der Waals surface area contributed by atoms with Crippen molar-refractivity contribution in [1.29, 1.82) is 5.26 Å². The Balaban J connectivity index is 1.75. The first-order valence-electron chi connectivity index (χ1n) is 7.51. The Hall–Kier alpha value is -1.58. The van der Waals surface area contributed by atoms with Crippen LogP contribution < -0.4 is 4.90 Å². The SMILES string of the molecule is Cc1nn(C)c(N(C)C2CCC3(CC2)OCCO3)c1C#N. The van der Waals surface area contributed by atoms with Gasteiger partial charge in [-0.05, 0) is 19.8 Å². The summed E-state index contributed by atoms with van der Waals surface area (Å²) < 4.78 is 13.4. The Morgan fingerprint density at radius 2 is 1.95 bits per heavy atom. The number of ether oxygens (including phenoxy) is 2. The monoisotopic (exact) mass is 290 g/mol. The van der Waals surface area contributed by atoms with Crippen molar-refractivity contribution in [2.24, 2.45) is 7.05 Å². The zero-order valence-corrected chi connectivity index (χ0v) is 12.9. The van der Waals surface area contributed by atoms with E-state index in [2.05, 4.69) is 23.1 Å². The minimum atomic E-state index is -0.336. The van der Waals surface area contributed by atoms with Gasteiger partial charge in [0.1, 0.15) is 17.5 Å². The van der Waals surface area contributed by atoms with Gasteiger partial charge in [-0.2, -0.15) is 10.4 Å². The van der Waals surface area contributed by atoms with Gasteiger partial charge in [0.2, 0.25) is 0 Å². The van der Waals surface area contributed by atoms with Crippen molar-refractivity contribution >= 4 is 5.82 Å². The summed E-state index contributed by atoms with van der Waals surface area (Å²) in [5.41, 5.74) is 1.46. The van der Waals surface area contributed by atoms with E-state index in [0.29, 0.717) is 24.8 Å². The fourth-order valence-electron chi connectivity index (χ4n) is 3.57. The van der Waals surface area contributed by atoms with E-state index < -0.39 is 0 Å². The molecule has 1 spiro atoms. The third-order valence-electron chi connectivity index (χ3n) is 4.72. The van der Waals surface area contributed by atoms with Crippen LogP contribution in [0.1, 0.15) is 36.9 Å². The molecule has 0 amide bonds. The lowest BCUT2D eigenvalue weighted by Gasteiger charge is -2.39. The number of hydrogen-bond donors (Lipinski definition) is 0. The van der Waals surface area contributed by atoms with E-state index in [9.17, 15) is 5.26 Å². The third-order valence-corrected chi connectivity index (χ3v) is 4.72. The summed E-state index contributed by atoms with van der Waals surface area (Å²) in [5.74, 6) is 0.571. The summed E-state index contributed by atoms with van der Waals surface area (Å²) in [4.78, 5) is 2.19. The van der Waals surface area contributed by atoms with Crippen LogP contribution >= 0.6 is 0 Å². The standard InChI is InChI=1S/C15H22N4O2/c1-11-13(10-16)14(19(3)17-11)18(2)12-4-6-15(7-5-12)20-8-9-21-15/h12H,4-9H2,1-3H3. The minimum Gasteiger partial charge on any atom is -0.356 e. The molecule has 0 aromatic carbocycles. The van der Waals surface area contributed by atoms with Gasteiger partial charge in [0, 0.05) is 33.0 Å². The molecule has 2 heterocycles. The molecule has 1 saturated heterocycles. The second-order valence-corrected chi connectivity index (χ2v) is 5.97. The molecule has 0 unspecified atom stereocenters. The molecule has 0 atom stereocenters. The van der Waals surface area contributed by atoms with Crippen LogP contribution in [0.3, 0.4) is 0 Å². The molecule has 21 heavy (non-hydrogen) atoms. The summed E-state index contributed by atoms with van der Waals surface area (Å²) in [6.45, 7) is 3.30. The van der Waals surface area contributed by atoms with E-state index in [4.69, 9.17) is 9.47 Å². The lowest BCUT2D eigenvalue weighted by molar-refractivity contribution is -0.178. The normalized spacial score (nSPS) is 21.6. The van der Waals surface area contributed by atoms with Crippen molar-refractivity contribution in [1.82, 2.24) is 9.78 Å². The van der Waals surface area contributed by atoms with Crippen molar-refractivity contribution in [3.8, 4) is 6.07 Å². The molecule has 6 heteroatoms. The van der Waals surface area contributed by atoms with Gasteiger partial charge in [-0.1, -0.05) is 0 Å². The summed E-state index contributed by atoms with van der Waals surface area (Å²) in [6.07, 6.45) is 3.85. The number of hydrogen-bond acceptors (Lipinski definition) is 5. The maximum absolute atomic E-state index is 9.36. The van der Waals surface area contributed by atoms with Crippen molar-refractivity contribution in [2.75, 3.05) is 25.2 Å². The molecule has 1 saturated carbocycles. The van der Waals surface area contributed by atoms with Crippen molar-refractivity contribution < 1.29 is 9.47 Å². The van der Waals surface area contributed by atoms with Gasteiger partial charge >= 0.3 is 0 Å². The van der Waals surface area contributed by atoms with E-state index >= 15 is 0 Å². The van der Waals surface area contributed by atoms with Crippen molar-refractivity contribution in [2.45, 2.75) is 44.4 Å². The zero-order chi connectivity index (χ0) is 15.0. The first-order valence-corrected chi connectivity index (χ1v) is 7.51. The molecule has 2 aliphatic rings. The smallest absolute Gasteiger partial charge is 0.168 e. The van der Waals surface area contributed by atoms with Crippen LogP contribution in [0.2, 0.25) is 0 Å². The van der Waals surface area contributed by atoms with Gasteiger partial charge in [0.05, 0.1) is 18.9 Å². The highest BCUT2D eigenvalue weighted by atomic mass is 16.7. The van der Waals surface area contributed by atoms with Crippen LogP contribution in [0.5, 0.6) is 0 Å². The second-order valence-electron chi connectivity index (χ2n) is 5.97. The fourth-order valence-corrected chi connectivity index (χ4v) is 3.57. The Labute approximate surface area is 125 Å². The molecule has 0 N–H and O–H groups in total. The third kappa shape index (κ3) is 2.41. The average molecular weight is 290 g/mol. The molecule has 6 nitrogen and oxygen atoms in total. The van der Waals surface area contributed by atoms with Crippen LogP contribution in [-0.2, 0) is 16.5 Å². The molecule has 1 aliphatic heterocycles. The topological polar surface area (TPSA) is 63.3 Å². The lowest BCUT2D eigenvalue weighted by atomic mass is 9.89. The zero-order valence-electron chi connectivity index (χ0n) is 12.9. The molecule has 0 radical (unpaired) electrons. The first kappa shape index (κ1) is 14.4. The molecular formula is C15H22N4O2. The van der Waals surface area contributed by atoms with Gasteiger partial charge in [-0.15, -0.1) is 0 Å². The second kappa shape index (κ2) is 5.32. The van der Waals surface area contributed by atoms with Crippen LogP contribution in [0.15, 0.2) is 0 Å². The highest BCUT2D eigenvalue weighted by Crippen LogP contribution is 2.38. The van der Waals surface area contributed by atoms with Gasteiger partial charge in [-0.3, -0.25) is 4.68 Å². The summed E-state index contributed by atoms with van der Waals surface area (Å²) in [5, 5.41) is 13.7. The average Bonchev–Trinajstić information content (AvgIpc) is 3.03. The predicted molar refractivity (Wildman–Crippen MR) is 78.0 cm³/mol. The van der Waals surface area contributed by atoms with Gasteiger partial charge in [0.15, 0.2) is 5.79 Å². The lowest BCUT2D eigenvalue weighted by Crippen LogP contribution is -2.43. The van der Waals surface area contributed by atoms with Crippen LogP contribution in [-0.4, -0.2) is 41.9 Å². The van der Waals surface area contributed by atoms with Crippen molar-refractivity contribution in [3.05, 3.63) is 11.3 Å².